The maximum atomic E-state index is 6.87. The van der Waals surface area contributed by atoms with E-state index < -0.39 is 10.8 Å². The Morgan fingerprint density at radius 1 is 0.278 bits per heavy atom. The van der Waals surface area contributed by atoms with Gasteiger partial charge in [0, 0.05) is 32.3 Å². The smallest absolute Gasteiger partial charge is 0.133 e. The summed E-state index contributed by atoms with van der Waals surface area (Å²) in [7, 11) is 0. The molecule has 0 radical (unpaired) electrons. The third-order valence-corrected chi connectivity index (χ3v) is 12.3. The van der Waals surface area contributed by atoms with Crippen molar-refractivity contribution in [1.29, 1.82) is 0 Å². The highest BCUT2D eigenvalue weighted by Gasteiger charge is 2.53. The summed E-state index contributed by atoms with van der Waals surface area (Å²) in [6.45, 7) is 0. The van der Waals surface area contributed by atoms with Crippen LogP contribution in [0.15, 0.2) is 182 Å². The van der Waals surface area contributed by atoms with Crippen LogP contribution in [0.4, 0.5) is 0 Å². The van der Waals surface area contributed by atoms with Crippen molar-refractivity contribution in [2.45, 2.75) is 10.8 Å². The van der Waals surface area contributed by atoms with Gasteiger partial charge >= 0.3 is 0 Å². The molecule has 2 spiro atoms. The fraction of sp³-hybridized carbons (Fsp3) is 0.0400. The lowest BCUT2D eigenvalue weighted by molar-refractivity contribution is 0.436. The van der Waals surface area contributed by atoms with Gasteiger partial charge in [0.1, 0.15) is 23.0 Å². The van der Waals surface area contributed by atoms with Gasteiger partial charge in [-0.2, -0.15) is 0 Å². The van der Waals surface area contributed by atoms with Gasteiger partial charge in [-0.1, -0.05) is 169 Å². The molecule has 12 rings (SSSR count). The van der Waals surface area contributed by atoms with E-state index in [-0.39, 0.29) is 0 Å². The maximum Gasteiger partial charge on any atom is 0.133 e. The molecule has 0 saturated carbocycles. The van der Waals surface area contributed by atoms with Crippen molar-refractivity contribution in [2.75, 3.05) is 0 Å². The highest BCUT2D eigenvalue weighted by Crippen LogP contribution is 2.64. The van der Waals surface area contributed by atoms with E-state index in [0.717, 1.165) is 60.9 Å². The van der Waals surface area contributed by atoms with E-state index in [4.69, 9.17) is 32.7 Å². The molecule has 0 aromatic heterocycles. The summed E-state index contributed by atoms with van der Waals surface area (Å²) in [5, 5.41) is 1.52. The van der Waals surface area contributed by atoms with Gasteiger partial charge in [-0.25, -0.2) is 0 Å². The fourth-order valence-electron chi connectivity index (χ4n) is 9.73. The normalized spacial score (nSPS) is 14.7. The molecule has 8 aromatic rings. The Kier molecular flexibility index (Phi) is 6.83. The largest absolute Gasteiger partial charge is 0.457 e. The first-order chi connectivity index (χ1) is 26.6. The van der Waals surface area contributed by atoms with Gasteiger partial charge in [-0.15, -0.1) is 0 Å². The molecule has 2 aliphatic carbocycles. The Bertz CT molecular complexity index is 2680. The lowest BCUT2D eigenvalue weighted by Crippen LogP contribution is -2.32. The third-order valence-electron chi connectivity index (χ3n) is 11.6. The molecular weight excluding hydrogens is 703 g/mol. The van der Waals surface area contributed by atoms with E-state index in [9.17, 15) is 0 Å². The number of hydrogen-bond acceptors (Lipinski definition) is 2. The SMILES string of the molecule is Clc1cccc2c1C1(c3ccccc3O2)c2ccccc2-c2ccccc21.Clc1cccc2c1C1(c3ccccc3Oc3ccccc31)c1ccccc1-2. The summed E-state index contributed by atoms with van der Waals surface area (Å²) < 4.78 is 12.6. The van der Waals surface area contributed by atoms with E-state index in [2.05, 4.69) is 115 Å². The third kappa shape index (κ3) is 4.02. The second-order valence-corrected chi connectivity index (χ2v) is 14.9. The summed E-state index contributed by atoms with van der Waals surface area (Å²) in [6, 6.07) is 63.0. The van der Waals surface area contributed by atoms with Crippen LogP contribution in [0.1, 0.15) is 44.5 Å². The molecule has 4 aliphatic rings. The van der Waals surface area contributed by atoms with Gasteiger partial charge in [-0.05, 0) is 80.9 Å². The number of para-hydroxylation sites is 3. The molecule has 8 aromatic carbocycles. The molecule has 54 heavy (non-hydrogen) atoms. The molecule has 2 heterocycles. The molecule has 0 N–H and O–H groups in total. The molecule has 2 aliphatic heterocycles. The van der Waals surface area contributed by atoms with Crippen LogP contribution in [-0.2, 0) is 10.8 Å². The van der Waals surface area contributed by atoms with Gasteiger partial charge in [0.2, 0.25) is 0 Å². The minimum atomic E-state index is -0.463. The summed E-state index contributed by atoms with van der Waals surface area (Å²) >= 11 is 13.7. The number of benzene rings is 8. The molecule has 0 bridgehead atoms. The van der Waals surface area contributed by atoms with E-state index in [0.29, 0.717) is 0 Å². The van der Waals surface area contributed by atoms with Gasteiger partial charge in [0.15, 0.2) is 0 Å². The second-order valence-electron chi connectivity index (χ2n) is 14.1. The number of rotatable bonds is 0. The topological polar surface area (TPSA) is 18.5 Å². The van der Waals surface area contributed by atoms with Crippen molar-refractivity contribution < 1.29 is 9.47 Å². The van der Waals surface area contributed by atoms with Crippen LogP contribution in [0.2, 0.25) is 10.0 Å². The maximum absolute atomic E-state index is 6.87. The van der Waals surface area contributed by atoms with Crippen molar-refractivity contribution in [1.82, 2.24) is 0 Å². The van der Waals surface area contributed by atoms with Crippen molar-refractivity contribution >= 4 is 23.2 Å². The number of hydrogen-bond donors (Lipinski definition) is 0. The molecule has 4 heteroatoms. The highest BCUT2D eigenvalue weighted by atomic mass is 35.5. The second kappa shape index (κ2) is 11.7. The van der Waals surface area contributed by atoms with Gasteiger partial charge in [0.05, 0.1) is 10.8 Å². The van der Waals surface area contributed by atoms with E-state index >= 15 is 0 Å². The van der Waals surface area contributed by atoms with Crippen LogP contribution < -0.4 is 9.47 Å². The molecule has 0 unspecified atom stereocenters. The molecule has 2 nitrogen and oxygen atoms in total. The van der Waals surface area contributed by atoms with Gasteiger partial charge in [0.25, 0.3) is 0 Å². The van der Waals surface area contributed by atoms with Crippen LogP contribution in [0.25, 0.3) is 22.3 Å². The lowest BCUT2D eigenvalue weighted by atomic mass is 9.66. The van der Waals surface area contributed by atoms with Crippen LogP contribution >= 0.6 is 23.2 Å². The summed E-state index contributed by atoms with van der Waals surface area (Å²) in [5.41, 5.74) is 13.4. The number of ether oxygens (including phenoxy) is 2. The summed E-state index contributed by atoms with van der Waals surface area (Å²) in [5.74, 6) is 3.49. The van der Waals surface area contributed by atoms with Crippen LogP contribution in [0, 0.1) is 0 Å². The summed E-state index contributed by atoms with van der Waals surface area (Å²) in [6.07, 6.45) is 0. The molecule has 0 atom stereocenters. The first-order valence-corrected chi connectivity index (χ1v) is 18.9. The predicted octanol–water partition coefficient (Wildman–Crippen LogP) is 13.6. The van der Waals surface area contributed by atoms with Gasteiger partial charge in [-0.3, -0.25) is 0 Å². The van der Waals surface area contributed by atoms with E-state index in [1.807, 2.05) is 66.7 Å². The predicted molar refractivity (Wildman–Crippen MR) is 218 cm³/mol. The molecule has 0 fully saturated rings. The monoisotopic (exact) mass is 732 g/mol. The van der Waals surface area contributed by atoms with E-state index in [1.165, 1.54) is 38.9 Å². The molecule has 0 saturated heterocycles. The first kappa shape index (κ1) is 31.5. The van der Waals surface area contributed by atoms with Crippen LogP contribution in [0.3, 0.4) is 0 Å². The molecular formula is C50H30Cl2O2. The number of fused-ring (bicyclic) bond motifs is 18. The van der Waals surface area contributed by atoms with Crippen LogP contribution in [-0.4, -0.2) is 0 Å². The van der Waals surface area contributed by atoms with Crippen LogP contribution in [0.5, 0.6) is 23.0 Å². The zero-order chi connectivity index (χ0) is 36.0. The average Bonchev–Trinajstić information content (AvgIpc) is 3.68. The first-order valence-electron chi connectivity index (χ1n) is 18.1. The Labute approximate surface area is 323 Å². The Morgan fingerprint density at radius 2 is 0.593 bits per heavy atom. The summed E-state index contributed by atoms with van der Waals surface area (Å²) in [4.78, 5) is 0. The minimum Gasteiger partial charge on any atom is -0.457 e. The van der Waals surface area contributed by atoms with Crippen molar-refractivity contribution in [3.05, 3.63) is 237 Å². The van der Waals surface area contributed by atoms with E-state index in [1.54, 1.807) is 0 Å². The molecule has 256 valence electrons. The zero-order valence-electron chi connectivity index (χ0n) is 28.9. The number of halogens is 2. The standard InChI is InChI=1S/2C25H15ClO/c26-21-13-7-15-23-24(21)25(20-12-5-6-14-22(20)27-23)18-10-3-1-8-16(18)17-9-2-4-11-19(17)25;26-21-13-7-9-17-16-8-1-2-10-18(16)25(24(17)21)19-11-3-5-14-22(19)27-23-15-6-4-12-20(23)25/h2*1-15H. The molecule has 0 amide bonds. The Balaban J connectivity index is 0.000000126. The lowest BCUT2D eigenvalue weighted by Gasteiger charge is -2.39. The fourth-order valence-corrected chi connectivity index (χ4v) is 10.4. The minimum absolute atomic E-state index is 0.463. The quantitative estimate of drug-likeness (QED) is 0.155. The average molecular weight is 734 g/mol. The van der Waals surface area contributed by atoms with Crippen molar-refractivity contribution in [3.8, 4) is 45.3 Å². The zero-order valence-corrected chi connectivity index (χ0v) is 30.4. The van der Waals surface area contributed by atoms with Crippen molar-refractivity contribution in [2.24, 2.45) is 0 Å². The van der Waals surface area contributed by atoms with Gasteiger partial charge < -0.3 is 9.47 Å². The highest BCUT2D eigenvalue weighted by molar-refractivity contribution is 6.32. The Morgan fingerprint density at radius 3 is 1.09 bits per heavy atom. The van der Waals surface area contributed by atoms with Crippen molar-refractivity contribution in [3.63, 3.8) is 0 Å². The Hall–Kier alpha value is -6.06.